The Bertz CT molecular complexity index is 876. The van der Waals surface area contributed by atoms with Crippen LogP contribution in [-0.2, 0) is 12.8 Å². The fourth-order valence-electron chi connectivity index (χ4n) is 4.12. The molecule has 0 radical (unpaired) electrons. The van der Waals surface area contributed by atoms with Gasteiger partial charge >= 0.3 is 6.03 Å². The van der Waals surface area contributed by atoms with Crippen LogP contribution in [-0.4, -0.2) is 50.3 Å². The molecule has 6 nitrogen and oxygen atoms in total. The van der Waals surface area contributed by atoms with Crippen LogP contribution in [0.25, 0.3) is 0 Å². The number of rotatable bonds is 2. The molecular weight excluding hydrogens is 361 g/mol. The molecule has 146 valence electrons. The van der Waals surface area contributed by atoms with Gasteiger partial charge in [0.25, 0.3) is 0 Å². The van der Waals surface area contributed by atoms with Crippen LogP contribution < -0.4 is 19.7 Å². The highest BCUT2D eigenvalue weighted by Crippen LogP contribution is 2.44. The first-order valence-corrected chi connectivity index (χ1v) is 9.70. The van der Waals surface area contributed by atoms with E-state index in [9.17, 15) is 9.18 Å². The van der Waals surface area contributed by atoms with Crippen LogP contribution in [0.3, 0.4) is 0 Å². The molecule has 0 saturated carbocycles. The quantitative estimate of drug-likeness (QED) is 0.866. The summed E-state index contributed by atoms with van der Waals surface area (Å²) in [5.41, 5.74) is 3.87. The second-order valence-corrected chi connectivity index (χ2v) is 7.29. The minimum Gasteiger partial charge on any atom is -0.493 e. The molecule has 1 N–H and O–H groups in total. The number of fused-ring (bicyclic) bond motifs is 2. The smallest absolute Gasteiger partial charge is 0.322 e. The van der Waals surface area contributed by atoms with Crippen LogP contribution in [0.5, 0.6) is 11.5 Å². The molecule has 0 spiro atoms. The molecule has 2 aromatic rings. The Labute approximate surface area is 162 Å². The third-order valence-electron chi connectivity index (χ3n) is 5.64. The number of amides is 2. The maximum Gasteiger partial charge on any atom is 0.322 e. The van der Waals surface area contributed by atoms with Gasteiger partial charge in [-0.05, 0) is 30.3 Å². The summed E-state index contributed by atoms with van der Waals surface area (Å²) < 4.78 is 24.6. The maximum absolute atomic E-state index is 13.1. The van der Waals surface area contributed by atoms with Crippen molar-refractivity contribution in [3.8, 4) is 11.5 Å². The number of ether oxygens (including phenoxy) is 2. The van der Waals surface area contributed by atoms with Crippen molar-refractivity contribution in [1.29, 1.82) is 0 Å². The molecule has 0 aliphatic carbocycles. The first kappa shape index (κ1) is 17.2. The van der Waals surface area contributed by atoms with E-state index in [1.807, 2.05) is 11.0 Å². The molecule has 1 fully saturated rings. The molecular formula is C21H22FN3O3. The first-order valence-electron chi connectivity index (χ1n) is 9.70. The van der Waals surface area contributed by atoms with Crippen molar-refractivity contribution in [2.75, 3.05) is 49.6 Å². The lowest BCUT2D eigenvalue weighted by Gasteiger charge is -2.36. The number of benzene rings is 2. The van der Waals surface area contributed by atoms with E-state index in [0.717, 1.165) is 46.8 Å². The van der Waals surface area contributed by atoms with E-state index in [2.05, 4.69) is 10.2 Å². The summed E-state index contributed by atoms with van der Waals surface area (Å²) in [6, 6.07) is 8.41. The van der Waals surface area contributed by atoms with Gasteiger partial charge in [0.2, 0.25) is 0 Å². The molecule has 3 aliphatic heterocycles. The number of carbonyl (C=O) groups excluding carboxylic acids is 1. The summed E-state index contributed by atoms with van der Waals surface area (Å²) in [6.07, 6.45) is 1.62. The van der Waals surface area contributed by atoms with Crippen LogP contribution in [0.15, 0.2) is 30.3 Å². The van der Waals surface area contributed by atoms with Gasteiger partial charge in [-0.25, -0.2) is 9.18 Å². The summed E-state index contributed by atoms with van der Waals surface area (Å²) in [5.74, 6) is 1.42. The molecule has 0 unspecified atom stereocenters. The zero-order valence-electron chi connectivity index (χ0n) is 15.5. The van der Waals surface area contributed by atoms with Crippen LogP contribution in [0.1, 0.15) is 11.1 Å². The molecule has 0 aromatic heterocycles. The number of anilines is 2. The fourth-order valence-corrected chi connectivity index (χ4v) is 4.12. The van der Waals surface area contributed by atoms with E-state index in [1.165, 1.54) is 12.1 Å². The summed E-state index contributed by atoms with van der Waals surface area (Å²) in [4.78, 5) is 16.9. The minimum absolute atomic E-state index is 0.114. The molecule has 1 saturated heterocycles. The number of carbonyl (C=O) groups is 1. The number of nitrogens with one attached hydrogen (secondary N) is 1. The van der Waals surface area contributed by atoms with Gasteiger partial charge in [0, 0.05) is 55.8 Å². The lowest BCUT2D eigenvalue weighted by molar-refractivity contribution is 0.208. The highest BCUT2D eigenvalue weighted by molar-refractivity contribution is 5.93. The summed E-state index contributed by atoms with van der Waals surface area (Å²) in [5, 5.41) is 3.09. The monoisotopic (exact) mass is 383 g/mol. The Hall–Kier alpha value is -2.96. The first-order chi connectivity index (χ1) is 13.7. The van der Waals surface area contributed by atoms with Gasteiger partial charge in [0.05, 0.1) is 18.9 Å². The van der Waals surface area contributed by atoms with Gasteiger partial charge in [-0.1, -0.05) is 0 Å². The van der Waals surface area contributed by atoms with Crippen molar-refractivity contribution < 1.29 is 18.7 Å². The second kappa shape index (κ2) is 6.89. The Morgan fingerprint density at radius 3 is 2.54 bits per heavy atom. The van der Waals surface area contributed by atoms with Gasteiger partial charge in [-0.2, -0.15) is 0 Å². The van der Waals surface area contributed by atoms with E-state index in [-0.39, 0.29) is 11.8 Å². The van der Waals surface area contributed by atoms with E-state index in [0.29, 0.717) is 39.4 Å². The van der Waals surface area contributed by atoms with Crippen molar-refractivity contribution >= 4 is 17.4 Å². The zero-order chi connectivity index (χ0) is 19.1. The third-order valence-corrected chi connectivity index (χ3v) is 5.64. The molecule has 0 atom stereocenters. The van der Waals surface area contributed by atoms with Gasteiger partial charge in [0.15, 0.2) is 0 Å². The Kier molecular flexibility index (Phi) is 4.22. The van der Waals surface area contributed by atoms with Crippen LogP contribution >= 0.6 is 0 Å². The molecule has 5 rings (SSSR count). The lowest BCUT2D eigenvalue weighted by Crippen LogP contribution is -2.50. The molecule has 2 amide bonds. The summed E-state index contributed by atoms with van der Waals surface area (Å²) in [6.45, 7) is 3.91. The van der Waals surface area contributed by atoms with Gasteiger partial charge in [-0.3, -0.25) is 0 Å². The largest absolute Gasteiger partial charge is 0.493 e. The minimum atomic E-state index is -0.240. The average molecular weight is 383 g/mol. The van der Waals surface area contributed by atoms with Crippen molar-refractivity contribution in [2.24, 2.45) is 0 Å². The topological polar surface area (TPSA) is 54.0 Å². The van der Waals surface area contributed by atoms with E-state index < -0.39 is 0 Å². The van der Waals surface area contributed by atoms with Crippen LogP contribution in [0, 0.1) is 5.82 Å². The van der Waals surface area contributed by atoms with Crippen molar-refractivity contribution in [2.45, 2.75) is 12.8 Å². The van der Waals surface area contributed by atoms with E-state index >= 15 is 0 Å². The predicted molar refractivity (Wildman–Crippen MR) is 104 cm³/mol. The average Bonchev–Trinajstić information content (AvgIpc) is 3.38. The predicted octanol–water partition coefficient (Wildman–Crippen LogP) is 3.05. The molecule has 3 aliphatic rings. The van der Waals surface area contributed by atoms with Crippen LogP contribution in [0.4, 0.5) is 20.6 Å². The molecule has 0 bridgehead atoms. The fraction of sp³-hybridized carbons (Fsp3) is 0.381. The SMILES string of the molecule is O=C(Nc1c2c(cc3c1OCC3)OCC2)N1CCN(c2ccc(F)cc2)CC1. The van der Waals surface area contributed by atoms with E-state index in [4.69, 9.17) is 9.47 Å². The van der Waals surface area contributed by atoms with Crippen molar-refractivity contribution in [1.82, 2.24) is 4.90 Å². The number of halogens is 1. The molecule has 28 heavy (non-hydrogen) atoms. The van der Waals surface area contributed by atoms with E-state index in [1.54, 1.807) is 12.1 Å². The van der Waals surface area contributed by atoms with Crippen molar-refractivity contribution in [3.05, 3.63) is 47.3 Å². The number of hydrogen-bond acceptors (Lipinski definition) is 4. The van der Waals surface area contributed by atoms with Crippen LogP contribution in [0.2, 0.25) is 0 Å². The molecule has 3 heterocycles. The summed E-state index contributed by atoms with van der Waals surface area (Å²) in [7, 11) is 0. The Morgan fingerprint density at radius 1 is 1.00 bits per heavy atom. The third kappa shape index (κ3) is 3.00. The number of nitrogens with zero attached hydrogens (tertiary/aromatic N) is 2. The number of hydrogen-bond donors (Lipinski definition) is 1. The number of piperazine rings is 1. The highest BCUT2D eigenvalue weighted by atomic mass is 19.1. The molecule has 2 aromatic carbocycles. The van der Waals surface area contributed by atoms with Crippen molar-refractivity contribution in [3.63, 3.8) is 0 Å². The van der Waals surface area contributed by atoms with Gasteiger partial charge in [-0.15, -0.1) is 0 Å². The Balaban J connectivity index is 1.28. The lowest BCUT2D eigenvalue weighted by atomic mass is 10.0. The normalized spacial score (nSPS) is 17.6. The zero-order valence-corrected chi connectivity index (χ0v) is 15.5. The number of urea groups is 1. The highest BCUT2D eigenvalue weighted by Gasteiger charge is 2.29. The summed E-state index contributed by atoms with van der Waals surface area (Å²) >= 11 is 0. The second-order valence-electron chi connectivity index (χ2n) is 7.29. The van der Waals surface area contributed by atoms with Gasteiger partial charge in [0.1, 0.15) is 17.3 Å². The maximum atomic E-state index is 13.1. The van der Waals surface area contributed by atoms with Gasteiger partial charge < -0.3 is 24.6 Å². The molecule has 7 heteroatoms. The standard InChI is InChI=1S/C21H22FN3O3/c22-15-1-3-16(4-2-15)24-7-9-25(10-8-24)21(26)23-19-17-6-12-27-18(17)13-14-5-11-28-20(14)19/h1-4,13H,5-12H2,(H,23,26). The Morgan fingerprint density at radius 2 is 1.75 bits per heavy atom.